The van der Waals surface area contributed by atoms with Gasteiger partial charge in [0.2, 0.25) is 5.91 Å². The molecule has 2 rings (SSSR count). The molecule has 2 unspecified atom stereocenters. The van der Waals surface area contributed by atoms with E-state index in [0.29, 0.717) is 0 Å². The van der Waals surface area contributed by atoms with Crippen LogP contribution in [0.4, 0.5) is 5.69 Å². The Hall–Kier alpha value is -1.71. The summed E-state index contributed by atoms with van der Waals surface area (Å²) >= 11 is 0. The molecule has 20 heavy (non-hydrogen) atoms. The Morgan fingerprint density at radius 3 is 3.10 bits per heavy atom. The van der Waals surface area contributed by atoms with Gasteiger partial charge in [0.05, 0.1) is 6.10 Å². The van der Waals surface area contributed by atoms with E-state index in [1.165, 1.54) is 0 Å². The maximum atomic E-state index is 11.9. The van der Waals surface area contributed by atoms with E-state index in [2.05, 4.69) is 24.5 Å². The highest BCUT2D eigenvalue weighted by atomic mass is 16.5. The van der Waals surface area contributed by atoms with Crippen molar-refractivity contribution < 1.29 is 9.53 Å². The summed E-state index contributed by atoms with van der Waals surface area (Å²) in [5, 5.41) is 6.25. The minimum atomic E-state index is -0.142. The molecule has 0 saturated carbocycles. The lowest BCUT2D eigenvalue weighted by Crippen LogP contribution is -2.37. The summed E-state index contributed by atoms with van der Waals surface area (Å²) in [4.78, 5) is 11.9. The second kappa shape index (κ2) is 7.17. The van der Waals surface area contributed by atoms with E-state index in [-0.39, 0.29) is 18.1 Å². The smallest absolute Gasteiger partial charge is 0.242 e. The minimum absolute atomic E-state index is 0.0933. The molecule has 1 aromatic rings. The summed E-state index contributed by atoms with van der Waals surface area (Å²) in [5.41, 5.74) is 0.938. The molecule has 0 radical (unpaired) electrons. The summed E-state index contributed by atoms with van der Waals surface area (Å²) in [7, 11) is 0. The van der Waals surface area contributed by atoms with Crippen molar-refractivity contribution in [2.24, 2.45) is 0 Å². The molecular formula is C16H24N2O2. The molecule has 0 spiro atoms. The zero-order valence-corrected chi connectivity index (χ0v) is 12.3. The Morgan fingerprint density at radius 2 is 2.30 bits per heavy atom. The highest BCUT2D eigenvalue weighted by Gasteiger charge is 2.20. The van der Waals surface area contributed by atoms with Crippen molar-refractivity contribution in [3.8, 4) is 5.75 Å². The molecule has 2 N–H and O–H groups in total. The van der Waals surface area contributed by atoms with Crippen molar-refractivity contribution in [1.82, 2.24) is 5.32 Å². The van der Waals surface area contributed by atoms with E-state index in [1.807, 2.05) is 24.3 Å². The predicted octanol–water partition coefficient (Wildman–Crippen LogP) is 2.94. The monoisotopic (exact) mass is 276 g/mol. The average Bonchev–Trinajstić information content (AvgIpc) is 2.64. The quantitative estimate of drug-likeness (QED) is 0.869. The SMILES string of the molecule is CCC(C)Oc1cccc(NC2CCCCNC2=O)c1. The molecule has 4 heteroatoms. The van der Waals surface area contributed by atoms with Gasteiger partial charge >= 0.3 is 0 Å². The van der Waals surface area contributed by atoms with E-state index in [1.54, 1.807) is 0 Å². The Kier molecular flexibility index (Phi) is 5.27. The summed E-state index contributed by atoms with van der Waals surface area (Å²) in [5.74, 6) is 0.939. The summed E-state index contributed by atoms with van der Waals surface area (Å²) in [6.45, 7) is 4.94. The number of amides is 1. The van der Waals surface area contributed by atoms with E-state index >= 15 is 0 Å². The standard InChI is InChI=1S/C16H24N2O2/c1-3-12(2)20-14-8-6-7-13(11-14)18-15-9-4-5-10-17-16(15)19/h6-8,11-12,15,18H,3-5,9-10H2,1-2H3,(H,17,19). The van der Waals surface area contributed by atoms with Gasteiger partial charge in [0.25, 0.3) is 0 Å². The van der Waals surface area contributed by atoms with Gasteiger partial charge in [-0.25, -0.2) is 0 Å². The Morgan fingerprint density at radius 1 is 1.45 bits per heavy atom. The number of rotatable bonds is 5. The molecule has 0 bridgehead atoms. The molecule has 4 nitrogen and oxygen atoms in total. The van der Waals surface area contributed by atoms with Gasteiger partial charge in [-0.1, -0.05) is 13.0 Å². The van der Waals surface area contributed by atoms with Gasteiger partial charge in [0.1, 0.15) is 11.8 Å². The molecule has 0 aliphatic carbocycles. The van der Waals surface area contributed by atoms with Gasteiger partial charge < -0.3 is 15.4 Å². The molecule has 1 fully saturated rings. The third-order valence-electron chi connectivity index (χ3n) is 3.62. The molecule has 0 aromatic heterocycles. The van der Waals surface area contributed by atoms with Gasteiger partial charge in [0.15, 0.2) is 0 Å². The normalized spacial score (nSPS) is 20.7. The number of benzene rings is 1. The third-order valence-corrected chi connectivity index (χ3v) is 3.62. The molecule has 110 valence electrons. The van der Waals surface area contributed by atoms with Crippen molar-refractivity contribution in [1.29, 1.82) is 0 Å². The minimum Gasteiger partial charge on any atom is -0.491 e. The van der Waals surface area contributed by atoms with Crippen LogP contribution >= 0.6 is 0 Å². The molecule has 1 aliphatic rings. The fourth-order valence-electron chi connectivity index (χ4n) is 2.25. The van der Waals surface area contributed by atoms with Gasteiger partial charge in [0, 0.05) is 18.3 Å². The molecule has 1 saturated heterocycles. The van der Waals surface area contributed by atoms with Crippen LogP contribution in [-0.2, 0) is 4.79 Å². The van der Waals surface area contributed by atoms with Crippen LogP contribution in [0.25, 0.3) is 0 Å². The largest absolute Gasteiger partial charge is 0.491 e. The first-order valence-electron chi connectivity index (χ1n) is 7.50. The molecule has 1 aliphatic heterocycles. The lowest BCUT2D eigenvalue weighted by molar-refractivity contribution is -0.121. The zero-order chi connectivity index (χ0) is 14.4. The van der Waals surface area contributed by atoms with Crippen molar-refractivity contribution >= 4 is 11.6 Å². The van der Waals surface area contributed by atoms with Crippen LogP contribution in [0.5, 0.6) is 5.75 Å². The molecular weight excluding hydrogens is 252 g/mol. The van der Waals surface area contributed by atoms with E-state index in [4.69, 9.17) is 4.74 Å². The van der Waals surface area contributed by atoms with Gasteiger partial charge in [-0.3, -0.25) is 4.79 Å². The first kappa shape index (κ1) is 14.7. The lowest BCUT2D eigenvalue weighted by Gasteiger charge is -2.18. The Labute approximate surface area is 120 Å². The van der Waals surface area contributed by atoms with E-state index in [0.717, 1.165) is 43.7 Å². The number of carbonyl (C=O) groups excluding carboxylic acids is 1. The number of carbonyl (C=O) groups is 1. The molecule has 2 atom stereocenters. The number of nitrogens with one attached hydrogen (secondary N) is 2. The summed E-state index contributed by atoms with van der Waals surface area (Å²) in [6.07, 6.45) is 4.18. The Balaban J connectivity index is 2.01. The number of anilines is 1. The second-order valence-corrected chi connectivity index (χ2v) is 5.35. The third kappa shape index (κ3) is 4.15. The highest BCUT2D eigenvalue weighted by molar-refractivity contribution is 5.84. The second-order valence-electron chi connectivity index (χ2n) is 5.35. The van der Waals surface area contributed by atoms with Crippen LogP contribution in [0.1, 0.15) is 39.5 Å². The van der Waals surface area contributed by atoms with Gasteiger partial charge in [-0.05, 0) is 44.7 Å². The van der Waals surface area contributed by atoms with Crippen LogP contribution in [0.3, 0.4) is 0 Å². The highest BCUT2D eigenvalue weighted by Crippen LogP contribution is 2.21. The number of hydrogen-bond donors (Lipinski definition) is 2. The maximum Gasteiger partial charge on any atom is 0.242 e. The first-order chi connectivity index (χ1) is 9.69. The fourth-order valence-corrected chi connectivity index (χ4v) is 2.25. The van der Waals surface area contributed by atoms with Gasteiger partial charge in [-0.15, -0.1) is 0 Å². The van der Waals surface area contributed by atoms with Crippen LogP contribution in [-0.4, -0.2) is 24.6 Å². The van der Waals surface area contributed by atoms with E-state index < -0.39 is 0 Å². The maximum absolute atomic E-state index is 11.9. The van der Waals surface area contributed by atoms with E-state index in [9.17, 15) is 4.79 Å². The predicted molar refractivity (Wildman–Crippen MR) is 81.1 cm³/mol. The summed E-state index contributed by atoms with van der Waals surface area (Å²) < 4.78 is 5.80. The van der Waals surface area contributed by atoms with Crippen LogP contribution < -0.4 is 15.4 Å². The Bertz CT molecular complexity index is 448. The molecule has 1 aromatic carbocycles. The molecule has 1 heterocycles. The first-order valence-corrected chi connectivity index (χ1v) is 7.50. The molecule has 1 amide bonds. The fraction of sp³-hybridized carbons (Fsp3) is 0.562. The number of ether oxygens (including phenoxy) is 1. The number of hydrogen-bond acceptors (Lipinski definition) is 3. The van der Waals surface area contributed by atoms with Gasteiger partial charge in [-0.2, -0.15) is 0 Å². The van der Waals surface area contributed by atoms with Crippen LogP contribution in [0.15, 0.2) is 24.3 Å². The van der Waals surface area contributed by atoms with Crippen molar-refractivity contribution in [2.45, 2.75) is 51.7 Å². The van der Waals surface area contributed by atoms with Crippen molar-refractivity contribution in [3.63, 3.8) is 0 Å². The average molecular weight is 276 g/mol. The van der Waals surface area contributed by atoms with Crippen LogP contribution in [0, 0.1) is 0 Å². The summed E-state index contributed by atoms with van der Waals surface area (Å²) in [6, 6.07) is 7.70. The van der Waals surface area contributed by atoms with Crippen LogP contribution in [0.2, 0.25) is 0 Å². The zero-order valence-electron chi connectivity index (χ0n) is 12.3. The topological polar surface area (TPSA) is 50.4 Å². The lowest BCUT2D eigenvalue weighted by atomic mass is 10.1. The van der Waals surface area contributed by atoms with Crippen molar-refractivity contribution in [3.05, 3.63) is 24.3 Å². The van der Waals surface area contributed by atoms with Crippen molar-refractivity contribution in [2.75, 3.05) is 11.9 Å².